The molecule has 0 aliphatic heterocycles. The molecule has 0 aromatic carbocycles. The summed E-state index contributed by atoms with van der Waals surface area (Å²) in [5, 5.41) is 5.11. The van der Waals surface area contributed by atoms with Crippen molar-refractivity contribution >= 4 is 18.0 Å². The van der Waals surface area contributed by atoms with Gasteiger partial charge in [0.25, 0.3) is 0 Å². The largest absolute Gasteiger partial charge is 0.464 e. The molecule has 2 N–H and O–H groups in total. The van der Waals surface area contributed by atoms with E-state index < -0.39 is 30.1 Å². The van der Waals surface area contributed by atoms with Gasteiger partial charge in [-0.05, 0) is 19.3 Å². The van der Waals surface area contributed by atoms with E-state index in [4.69, 9.17) is 15.9 Å². The van der Waals surface area contributed by atoms with Crippen molar-refractivity contribution in [1.29, 1.82) is 0 Å². The van der Waals surface area contributed by atoms with Crippen molar-refractivity contribution in [1.82, 2.24) is 10.6 Å². The molecule has 0 aliphatic rings. The molecule has 2 amide bonds. The Balaban J connectivity index is 4.77. The van der Waals surface area contributed by atoms with Crippen LogP contribution in [0, 0.1) is 12.3 Å². The van der Waals surface area contributed by atoms with Crippen molar-refractivity contribution in [2.45, 2.75) is 65.0 Å². The summed E-state index contributed by atoms with van der Waals surface area (Å²) in [6, 6.07) is -1.52. The standard InChI is InChI=1S/C17H28N2O5/c1-5-9-13(19-17(22)24-12-8-4)15(20)18-14(10-6-2)16(21)23-11-7-3/h4,13-14H,5-7,9-12H2,1-3H3,(H,18,20)(H,19,22). The number of terminal acetylenes is 1. The fourth-order valence-corrected chi connectivity index (χ4v) is 1.96. The van der Waals surface area contributed by atoms with Crippen LogP contribution >= 0.6 is 0 Å². The Kier molecular flexibility index (Phi) is 12.0. The third-order valence-electron chi connectivity index (χ3n) is 3.10. The monoisotopic (exact) mass is 340 g/mol. The van der Waals surface area contributed by atoms with Crippen LogP contribution in [0.25, 0.3) is 0 Å². The van der Waals surface area contributed by atoms with Gasteiger partial charge in [-0.3, -0.25) is 4.79 Å². The number of carbonyl (C=O) groups excluding carboxylic acids is 3. The molecule has 0 radical (unpaired) electrons. The Morgan fingerprint density at radius 2 is 1.58 bits per heavy atom. The van der Waals surface area contributed by atoms with E-state index >= 15 is 0 Å². The molecule has 0 aromatic heterocycles. The van der Waals surface area contributed by atoms with E-state index in [0.29, 0.717) is 38.7 Å². The Morgan fingerprint density at radius 1 is 0.958 bits per heavy atom. The molecule has 2 atom stereocenters. The lowest BCUT2D eigenvalue weighted by molar-refractivity contribution is -0.148. The number of carbonyl (C=O) groups is 3. The van der Waals surface area contributed by atoms with Crippen LogP contribution in [0.1, 0.15) is 52.9 Å². The molecular formula is C17H28N2O5. The molecule has 0 fully saturated rings. The van der Waals surface area contributed by atoms with Gasteiger partial charge in [0.15, 0.2) is 6.61 Å². The average molecular weight is 340 g/mol. The summed E-state index contributed by atoms with van der Waals surface area (Å²) in [6.45, 7) is 5.82. The predicted octanol–water partition coefficient (Wildman–Crippen LogP) is 1.75. The first-order chi connectivity index (χ1) is 11.5. The van der Waals surface area contributed by atoms with Gasteiger partial charge >= 0.3 is 12.1 Å². The third-order valence-corrected chi connectivity index (χ3v) is 3.10. The van der Waals surface area contributed by atoms with E-state index in [1.54, 1.807) is 0 Å². The van der Waals surface area contributed by atoms with Crippen molar-refractivity contribution in [2.75, 3.05) is 13.2 Å². The molecule has 0 heterocycles. The molecule has 0 aromatic rings. The Labute approximate surface area is 143 Å². The van der Waals surface area contributed by atoms with Gasteiger partial charge in [-0.15, -0.1) is 6.42 Å². The highest BCUT2D eigenvalue weighted by atomic mass is 16.5. The summed E-state index contributed by atoms with van der Waals surface area (Å²) in [6.07, 6.45) is 7.23. The number of hydrogen-bond donors (Lipinski definition) is 2. The maximum absolute atomic E-state index is 12.4. The van der Waals surface area contributed by atoms with Gasteiger partial charge in [-0.1, -0.05) is 39.5 Å². The predicted molar refractivity (Wildman–Crippen MR) is 90.1 cm³/mol. The van der Waals surface area contributed by atoms with Crippen LogP contribution in [0.3, 0.4) is 0 Å². The second-order valence-corrected chi connectivity index (χ2v) is 5.28. The van der Waals surface area contributed by atoms with Gasteiger partial charge in [0.2, 0.25) is 5.91 Å². The van der Waals surface area contributed by atoms with Crippen molar-refractivity contribution in [3.8, 4) is 12.3 Å². The molecule has 24 heavy (non-hydrogen) atoms. The number of nitrogens with one attached hydrogen (secondary N) is 2. The summed E-state index contributed by atoms with van der Waals surface area (Å²) in [5.41, 5.74) is 0. The molecule has 0 saturated heterocycles. The van der Waals surface area contributed by atoms with Crippen LogP contribution in [0.4, 0.5) is 4.79 Å². The number of rotatable bonds is 11. The molecule has 2 unspecified atom stereocenters. The lowest BCUT2D eigenvalue weighted by Gasteiger charge is -2.22. The number of amides is 2. The summed E-state index contributed by atoms with van der Waals surface area (Å²) in [4.78, 5) is 36.0. The smallest absolute Gasteiger partial charge is 0.408 e. The molecular weight excluding hydrogens is 312 g/mol. The zero-order valence-electron chi connectivity index (χ0n) is 14.7. The summed E-state index contributed by atoms with van der Waals surface area (Å²) < 4.78 is 9.81. The number of esters is 1. The molecule has 0 spiro atoms. The quantitative estimate of drug-likeness (QED) is 0.441. The summed E-state index contributed by atoms with van der Waals surface area (Å²) in [5.74, 6) is 1.27. The van der Waals surface area contributed by atoms with E-state index in [-0.39, 0.29) is 6.61 Å². The number of alkyl carbamates (subject to hydrolysis) is 1. The van der Waals surface area contributed by atoms with Gasteiger partial charge in [-0.2, -0.15) is 0 Å². The van der Waals surface area contributed by atoms with Crippen LogP contribution in [-0.4, -0.2) is 43.3 Å². The van der Waals surface area contributed by atoms with Crippen LogP contribution in [0.15, 0.2) is 0 Å². The lowest BCUT2D eigenvalue weighted by atomic mass is 10.1. The molecule has 0 saturated carbocycles. The third kappa shape index (κ3) is 9.03. The molecule has 7 heteroatoms. The maximum atomic E-state index is 12.4. The van der Waals surface area contributed by atoms with Crippen LogP contribution in [-0.2, 0) is 19.1 Å². The van der Waals surface area contributed by atoms with Gasteiger partial charge in [0, 0.05) is 0 Å². The molecule has 0 bridgehead atoms. The van der Waals surface area contributed by atoms with E-state index in [9.17, 15) is 14.4 Å². The summed E-state index contributed by atoms with van der Waals surface area (Å²) >= 11 is 0. The van der Waals surface area contributed by atoms with Crippen LogP contribution in [0.2, 0.25) is 0 Å². The molecule has 0 rings (SSSR count). The van der Waals surface area contributed by atoms with Crippen LogP contribution < -0.4 is 10.6 Å². The fourth-order valence-electron chi connectivity index (χ4n) is 1.96. The second-order valence-electron chi connectivity index (χ2n) is 5.28. The fraction of sp³-hybridized carbons (Fsp3) is 0.706. The van der Waals surface area contributed by atoms with Gasteiger partial charge in [0.05, 0.1) is 6.61 Å². The number of ether oxygens (including phenoxy) is 2. The maximum Gasteiger partial charge on any atom is 0.408 e. The lowest BCUT2D eigenvalue weighted by Crippen LogP contribution is -2.52. The van der Waals surface area contributed by atoms with Crippen molar-refractivity contribution in [2.24, 2.45) is 0 Å². The first kappa shape index (κ1) is 21.8. The SMILES string of the molecule is C#CCOC(=O)NC(CCC)C(=O)NC(CCC)C(=O)OCCC. The zero-order chi connectivity index (χ0) is 18.4. The van der Waals surface area contributed by atoms with Crippen molar-refractivity contribution in [3.63, 3.8) is 0 Å². The minimum Gasteiger partial charge on any atom is -0.464 e. The highest BCUT2D eigenvalue weighted by Gasteiger charge is 2.26. The highest BCUT2D eigenvalue weighted by molar-refractivity contribution is 5.89. The van der Waals surface area contributed by atoms with Gasteiger partial charge in [0.1, 0.15) is 12.1 Å². The molecule has 0 aliphatic carbocycles. The summed E-state index contributed by atoms with van der Waals surface area (Å²) in [7, 11) is 0. The Hall–Kier alpha value is -2.23. The van der Waals surface area contributed by atoms with Crippen molar-refractivity contribution in [3.05, 3.63) is 0 Å². The topological polar surface area (TPSA) is 93.7 Å². The van der Waals surface area contributed by atoms with Crippen LogP contribution in [0.5, 0.6) is 0 Å². The van der Waals surface area contributed by atoms with Gasteiger partial charge < -0.3 is 20.1 Å². The van der Waals surface area contributed by atoms with E-state index in [2.05, 4.69) is 16.6 Å². The molecule has 136 valence electrons. The minimum absolute atomic E-state index is 0.173. The van der Waals surface area contributed by atoms with Crippen molar-refractivity contribution < 1.29 is 23.9 Å². The Morgan fingerprint density at radius 3 is 2.12 bits per heavy atom. The van der Waals surface area contributed by atoms with E-state index in [1.807, 2.05) is 20.8 Å². The second kappa shape index (κ2) is 13.2. The van der Waals surface area contributed by atoms with Gasteiger partial charge in [-0.25, -0.2) is 9.59 Å². The first-order valence-corrected chi connectivity index (χ1v) is 8.33. The van der Waals surface area contributed by atoms with E-state index in [1.165, 1.54) is 0 Å². The molecule has 7 nitrogen and oxygen atoms in total. The minimum atomic E-state index is -0.793. The Bertz CT molecular complexity index is 445. The highest BCUT2D eigenvalue weighted by Crippen LogP contribution is 2.04. The number of hydrogen-bond acceptors (Lipinski definition) is 5. The normalized spacial score (nSPS) is 12.4. The average Bonchev–Trinajstić information content (AvgIpc) is 2.56. The zero-order valence-corrected chi connectivity index (χ0v) is 14.7. The first-order valence-electron chi connectivity index (χ1n) is 8.33. The van der Waals surface area contributed by atoms with E-state index in [0.717, 1.165) is 0 Å².